The van der Waals surface area contributed by atoms with Crippen molar-refractivity contribution < 1.29 is 27.4 Å². The number of hydrogen-bond acceptors (Lipinski definition) is 6. The summed E-state index contributed by atoms with van der Waals surface area (Å²) in [6.07, 6.45) is 4.59. The summed E-state index contributed by atoms with van der Waals surface area (Å²) in [5, 5.41) is 0. The Morgan fingerprint density at radius 3 is 2.49 bits per heavy atom. The number of imidazole rings is 1. The molecule has 2 N–H and O–H groups in total. The number of nitrogens with two attached hydrogens (primary N) is 1. The molecule has 0 unspecified atom stereocenters. The molecule has 2 heterocycles. The van der Waals surface area contributed by atoms with E-state index in [9.17, 15) is 13.2 Å². The van der Waals surface area contributed by atoms with Crippen LogP contribution < -0.4 is 19.9 Å². The highest BCUT2D eigenvalue weighted by Gasteiger charge is 2.31. The minimum Gasteiger partial charge on any atom is -0.493 e. The number of rotatable bonds is 10. The minimum absolute atomic E-state index is 0.128. The summed E-state index contributed by atoms with van der Waals surface area (Å²) in [6, 6.07) is 12.9. The van der Waals surface area contributed by atoms with Crippen molar-refractivity contribution in [1.29, 1.82) is 0 Å². The van der Waals surface area contributed by atoms with Crippen LogP contribution in [-0.2, 0) is 13.2 Å². The quantitative estimate of drug-likeness (QED) is 0.227. The second-order valence-corrected chi connectivity index (χ2v) is 8.44. The lowest BCUT2D eigenvalue weighted by molar-refractivity contribution is -0.274. The number of benzene rings is 2. The largest absolute Gasteiger partial charge is 0.573 e. The van der Waals surface area contributed by atoms with Crippen molar-refractivity contribution in [1.82, 2.24) is 14.5 Å². The minimum atomic E-state index is -4.74. The van der Waals surface area contributed by atoms with Crippen LogP contribution >= 0.6 is 0 Å². The fourth-order valence-corrected chi connectivity index (χ4v) is 3.88. The highest BCUT2D eigenvalue weighted by molar-refractivity contribution is 5.82. The van der Waals surface area contributed by atoms with Gasteiger partial charge >= 0.3 is 6.36 Å². The molecule has 0 aliphatic carbocycles. The number of methoxy groups -OCH3 is 1. The van der Waals surface area contributed by atoms with Crippen LogP contribution in [-0.4, -0.2) is 28.0 Å². The Morgan fingerprint density at radius 1 is 1.08 bits per heavy atom. The second-order valence-electron chi connectivity index (χ2n) is 8.44. The number of hydrogen-bond donors (Lipinski definition) is 1. The van der Waals surface area contributed by atoms with E-state index in [0.717, 1.165) is 16.7 Å². The van der Waals surface area contributed by atoms with Gasteiger partial charge in [-0.25, -0.2) is 9.97 Å². The van der Waals surface area contributed by atoms with Gasteiger partial charge in [-0.3, -0.25) is 4.57 Å². The summed E-state index contributed by atoms with van der Waals surface area (Å²) >= 11 is 0. The first-order valence-electron chi connectivity index (χ1n) is 11.9. The van der Waals surface area contributed by atoms with Crippen LogP contribution in [0.2, 0.25) is 0 Å². The third kappa shape index (κ3) is 6.78. The molecule has 2 aromatic carbocycles. The Labute approximate surface area is 223 Å². The highest BCUT2D eigenvalue weighted by Crippen LogP contribution is 2.31. The van der Waals surface area contributed by atoms with Crippen molar-refractivity contribution >= 4 is 22.7 Å². The molecule has 39 heavy (non-hydrogen) atoms. The molecule has 0 atom stereocenters. The molecule has 0 spiro atoms. The van der Waals surface area contributed by atoms with E-state index in [1.54, 1.807) is 18.3 Å². The molecule has 4 rings (SSSR count). The van der Waals surface area contributed by atoms with E-state index < -0.39 is 6.36 Å². The first-order chi connectivity index (χ1) is 18.7. The van der Waals surface area contributed by atoms with Crippen LogP contribution in [0.3, 0.4) is 0 Å². The standard InChI is InChI=1S/C29H27F3N4O3/c1-4-6-7-21(5-2)22-15-24-27(34-16-22)36(28(33)35-24)17-20-10-13-25(26(14-20)37-3)38-18-19-8-11-23(12-9-19)39-29(30,31)32/h4-16H,2,17-18H2,1,3H3,(H2,33,35)/b6-4+,21-7+. The average Bonchev–Trinajstić information content (AvgIpc) is 3.22. The predicted molar refractivity (Wildman–Crippen MR) is 144 cm³/mol. The Hall–Kier alpha value is -4.73. The molecule has 0 saturated heterocycles. The van der Waals surface area contributed by atoms with E-state index in [1.807, 2.05) is 47.9 Å². The zero-order chi connectivity index (χ0) is 28.0. The number of anilines is 1. The van der Waals surface area contributed by atoms with Gasteiger partial charge in [0.15, 0.2) is 17.1 Å². The SMILES string of the molecule is C=C/C(=C\C=C\C)c1cnc2c(c1)nc(N)n2Cc1ccc(OCc2ccc(OC(F)(F)F)cc2)c(OC)c1. The molecule has 7 nitrogen and oxygen atoms in total. The Balaban J connectivity index is 1.50. The summed E-state index contributed by atoms with van der Waals surface area (Å²) in [5.74, 6) is 1.00. The average molecular weight is 537 g/mol. The summed E-state index contributed by atoms with van der Waals surface area (Å²) in [4.78, 5) is 9.09. The number of halogens is 3. The Morgan fingerprint density at radius 2 is 1.82 bits per heavy atom. The fourth-order valence-electron chi connectivity index (χ4n) is 3.88. The molecule has 4 aromatic rings. The van der Waals surface area contributed by atoms with Crippen molar-refractivity contribution in [3.8, 4) is 17.2 Å². The molecule has 0 aliphatic rings. The molecule has 0 aliphatic heterocycles. The molecule has 2 aromatic heterocycles. The van der Waals surface area contributed by atoms with Gasteiger partial charge in [-0.1, -0.05) is 49.1 Å². The van der Waals surface area contributed by atoms with Crippen LogP contribution in [0.5, 0.6) is 17.2 Å². The summed E-state index contributed by atoms with van der Waals surface area (Å²) in [6.45, 7) is 6.34. The molecule has 0 radical (unpaired) electrons. The van der Waals surface area contributed by atoms with Crippen molar-refractivity contribution in [2.75, 3.05) is 12.8 Å². The smallest absolute Gasteiger partial charge is 0.493 e. The van der Waals surface area contributed by atoms with E-state index >= 15 is 0 Å². The van der Waals surface area contributed by atoms with Gasteiger partial charge in [0, 0.05) is 11.8 Å². The first kappa shape index (κ1) is 27.3. The van der Waals surface area contributed by atoms with Gasteiger partial charge in [0.2, 0.25) is 5.95 Å². The third-order valence-electron chi connectivity index (χ3n) is 5.76. The number of fused-ring (bicyclic) bond motifs is 1. The lowest BCUT2D eigenvalue weighted by Crippen LogP contribution is -2.17. The zero-order valence-electron chi connectivity index (χ0n) is 21.4. The Bertz CT molecular complexity index is 1520. The van der Waals surface area contributed by atoms with Gasteiger partial charge in [0.1, 0.15) is 17.9 Å². The van der Waals surface area contributed by atoms with Crippen molar-refractivity contribution in [2.24, 2.45) is 0 Å². The highest BCUT2D eigenvalue weighted by atomic mass is 19.4. The number of aromatic nitrogens is 3. The second kappa shape index (κ2) is 11.8. The topological polar surface area (TPSA) is 84.4 Å². The predicted octanol–water partition coefficient (Wildman–Crippen LogP) is 6.69. The van der Waals surface area contributed by atoms with Gasteiger partial charge in [-0.2, -0.15) is 0 Å². The fraction of sp³-hybridized carbons (Fsp3) is 0.172. The Kier molecular flexibility index (Phi) is 8.24. The molecule has 10 heteroatoms. The van der Waals surface area contributed by atoms with Crippen LogP contribution in [0.15, 0.2) is 85.6 Å². The van der Waals surface area contributed by atoms with Gasteiger partial charge < -0.3 is 19.9 Å². The van der Waals surface area contributed by atoms with Crippen LogP contribution in [0.1, 0.15) is 23.6 Å². The number of allylic oxidation sites excluding steroid dienone is 5. The van der Waals surface area contributed by atoms with Crippen LogP contribution in [0.25, 0.3) is 16.7 Å². The first-order valence-corrected chi connectivity index (χ1v) is 11.9. The van der Waals surface area contributed by atoms with Gasteiger partial charge in [-0.15, -0.1) is 13.2 Å². The zero-order valence-corrected chi connectivity index (χ0v) is 21.4. The maximum absolute atomic E-state index is 12.4. The van der Waals surface area contributed by atoms with Crippen molar-refractivity contribution in [2.45, 2.75) is 26.4 Å². The van der Waals surface area contributed by atoms with E-state index in [-0.39, 0.29) is 12.4 Å². The monoisotopic (exact) mass is 536 g/mol. The van der Waals surface area contributed by atoms with Gasteiger partial charge in [0.05, 0.1) is 13.7 Å². The van der Waals surface area contributed by atoms with Crippen LogP contribution in [0.4, 0.5) is 19.1 Å². The summed E-state index contributed by atoms with van der Waals surface area (Å²) in [7, 11) is 1.53. The molecular formula is C29H27F3N4O3. The van der Waals surface area contributed by atoms with Crippen LogP contribution in [0, 0.1) is 0 Å². The molecule has 0 fully saturated rings. The van der Waals surface area contributed by atoms with Gasteiger partial charge in [0.25, 0.3) is 0 Å². The van der Waals surface area contributed by atoms with E-state index in [2.05, 4.69) is 21.3 Å². The summed E-state index contributed by atoms with van der Waals surface area (Å²) in [5.41, 5.74) is 10.9. The van der Waals surface area contributed by atoms with E-state index in [0.29, 0.717) is 40.7 Å². The maximum Gasteiger partial charge on any atom is 0.573 e. The summed E-state index contributed by atoms with van der Waals surface area (Å²) < 4.78 is 54.1. The molecule has 202 valence electrons. The lowest BCUT2D eigenvalue weighted by Gasteiger charge is -2.14. The number of nitrogens with zero attached hydrogens (tertiary/aromatic N) is 3. The van der Waals surface area contributed by atoms with Gasteiger partial charge in [-0.05, 0) is 54.0 Å². The number of ether oxygens (including phenoxy) is 3. The van der Waals surface area contributed by atoms with E-state index in [1.165, 1.54) is 31.4 Å². The molecule has 0 saturated carbocycles. The normalized spacial score (nSPS) is 12.2. The molecule has 0 amide bonds. The van der Waals surface area contributed by atoms with Crippen molar-refractivity contribution in [3.05, 3.63) is 102 Å². The third-order valence-corrected chi connectivity index (χ3v) is 5.76. The molecule has 0 bridgehead atoms. The lowest BCUT2D eigenvalue weighted by atomic mass is 10.1. The van der Waals surface area contributed by atoms with E-state index in [4.69, 9.17) is 15.2 Å². The number of pyridine rings is 1. The number of alkyl halides is 3. The molecular weight excluding hydrogens is 509 g/mol. The maximum atomic E-state index is 12.4. The number of nitrogen functional groups attached to an aromatic ring is 1. The van der Waals surface area contributed by atoms with Crippen molar-refractivity contribution in [3.63, 3.8) is 0 Å².